The molecule has 0 aliphatic heterocycles. The number of rotatable bonds is 14. The molecule has 236 valence electrons. The summed E-state index contributed by atoms with van der Waals surface area (Å²) in [7, 11) is -4.20. The molecular weight excluding hydrogens is 654 g/mol. The van der Waals surface area contributed by atoms with E-state index in [0.717, 1.165) is 25.5 Å². The molecule has 0 radical (unpaired) electrons. The molecule has 4 aromatic carbocycles. The summed E-state index contributed by atoms with van der Waals surface area (Å²) in [5.41, 5.74) is 3.00. The van der Waals surface area contributed by atoms with Crippen molar-refractivity contribution in [3.05, 3.63) is 124 Å². The largest absolute Gasteiger partial charge is 0.494 e. The molecule has 1 N–H and O–H groups in total. The van der Waals surface area contributed by atoms with Crippen LogP contribution in [-0.4, -0.2) is 50.9 Å². The van der Waals surface area contributed by atoms with Gasteiger partial charge in [-0.3, -0.25) is 13.9 Å². The molecular formula is C35H38BrN3O5S. The second kappa shape index (κ2) is 15.7. The standard InChI is InChI=1S/C35H38BrN3O5S/c1-4-37-35(41)33(23-27-11-7-6-8-12-27)38(24-28-13-9-10-26(3)22-28)34(40)25-39(30-16-18-31(19-17-30)44-5-2)45(42,43)32-20-14-29(36)15-21-32/h6-22,33H,4-5,23-25H2,1-3H3,(H,37,41)/t33-/m0/s1. The highest BCUT2D eigenvalue weighted by Gasteiger charge is 2.34. The molecule has 0 aromatic heterocycles. The van der Waals surface area contributed by atoms with Crippen molar-refractivity contribution < 1.29 is 22.7 Å². The molecule has 4 aromatic rings. The topological polar surface area (TPSA) is 96.0 Å². The highest BCUT2D eigenvalue weighted by molar-refractivity contribution is 9.10. The van der Waals surface area contributed by atoms with Gasteiger partial charge in [-0.2, -0.15) is 0 Å². The van der Waals surface area contributed by atoms with E-state index in [4.69, 9.17) is 4.74 Å². The summed E-state index contributed by atoms with van der Waals surface area (Å²) in [6.45, 7) is 6.07. The molecule has 0 spiro atoms. The minimum absolute atomic E-state index is 0.0298. The molecule has 0 aliphatic rings. The van der Waals surface area contributed by atoms with E-state index in [0.29, 0.717) is 24.6 Å². The quantitative estimate of drug-likeness (QED) is 0.172. The van der Waals surface area contributed by atoms with Crippen LogP contribution in [0.4, 0.5) is 5.69 Å². The lowest BCUT2D eigenvalue weighted by Crippen LogP contribution is -2.53. The first-order valence-corrected chi connectivity index (χ1v) is 17.0. The van der Waals surface area contributed by atoms with Crippen LogP contribution in [0.2, 0.25) is 0 Å². The number of likely N-dealkylation sites (N-methyl/N-ethyl adjacent to an activating group) is 1. The van der Waals surface area contributed by atoms with E-state index in [1.807, 2.05) is 75.4 Å². The summed E-state index contributed by atoms with van der Waals surface area (Å²) in [4.78, 5) is 29.6. The molecule has 2 amide bonds. The lowest BCUT2D eigenvalue weighted by atomic mass is 10.0. The monoisotopic (exact) mass is 691 g/mol. The molecule has 0 saturated heterocycles. The number of carbonyl (C=O) groups is 2. The minimum atomic E-state index is -4.20. The van der Waals surface area contributed by atoms with Crippen molar-refractivity contribution in [1.29, 1.82) is 0 Å². The van der Waals surface area contributed by atoms with Gasteiger partial charge in [-0.25, -0.2) is 8.42 Å². The number of carbonyl (C=O) groups excluding carboxylic acids is 2. The van der Waals surface area contributed by atoms with Crippen LogP contribution in [0, 0.1) is 6.92 Å². The summed E-state index contributed by atoms with van der Waals surface area (Å²) >= 11 is 3.36. The maximum Gasteiger partial charge on any atom is 0.264 e. The zero-order valence-electron chi connectivity index (χ0n) is 25.6. The first kappa shape index (κ1) is 33.7. The number of sulfonamides is 1. The molecule has 0 aliphatic carbocycles. The normalized spacial score (nSPS) is 11.8. The summed E-state index contributed by atoms with van der Waals surface area (Å²) in [5.74, 6) is -0.252. The Kier molecular flexibility index (Phi) is 11.8. The maximum absolute atomic E-state index is 14.5. The average molecular weight is 693 g/mol. The van der Waals surface area contributed by atoms with E-state index in [-0.39, 0.29) is 23.8 Å². The fourth-order valence-corrected chi connectivity index (χ4v) is 6.67. The van der Waals surface area contributed by atoms with Crippen LogP contribution in [0.1, 0.15) is 30.5 Å². The van der Waals surface area contributed by atoms with Crippen molar-refractivity contribution in [2.24, 2.45) is 0 Å². The molecule has 4 rings (SSSR count). The first-order valence-electron chi connectivity index (χ1n) is 14.8. The second-order valence-electron chi connectivity index (χ2n) is 10.5. The van der Waals surface area contributed by atoms with Gasteiger partial charge in [-0.05, 0) is 80.4 Å². The predicted octanol–water partition coefficient (Wildman–Crippen LogP) is 6.13. The number of aryl methyl sites for hydroxylation is 1. The van der Waals surface area contributed by atoms with E-state index in [1.165, 1.54) is 17.0 Å². The lowest BCUT2D eigenvalue weighted by Gasteiger charge is -2.34. The predicted molar refractivity (Wildman–Crippen MR) is 181 cm³/mol. The molecule has 0 fully saturated rings. The third-order valence-electron chi connectivity index (χ3n) is 7.17. The van der Waals surface area contributed by atoms with E-state index >= 15 is 0 Å². The Hall–Kier alpha value is -4.15. The van der Waals surface area contributed by atoms with Crippen LogP contribution in [0.5, 0.6) is 5.75 Å². The number of anilines is 1. The molecule has 0 unspecified atom stereocenters. The number of nitrogens with one attached hydrogen (secondary N) is 1. The van der Waals surface area contributed by atoms with Crippen molar-refractivity contribution in [2.75, 3.05) is 24.0 Å². The number of benzene rings is 4. The van der Waals surface area contributed by atoms with Gasteiger partial charge in [-0.15, -0.1) is 0 Å². The summed E-state index contributed by atoms with van der Waals surface area (Å²) in [5, 5.41) is 2.88. The highest BCUT2D eigenvalue weighted by Crippen LogP contribution is 2.28. The van der Waals surface area contributed by atoms with Crippen LogP contribution in [0.3, 0.4) is 0 Å². The molecule has 8 nitrogen and oxygen atoms in total. The zero-order valence-corrected chi connectivity index (χ0v) is 28.1. The summed E-state index contributed by atoms with van der Waals surface area (Å²) < 4.78 is 35.7. The second-order valence-corrected chi connectivity index (χ2v) is 13.3. The zero-order chi connectivity index (χ0) is 32.4. The SMILES string of the molecule is CCNC(=O)[C@H](Cc1ccccc1)N(Cc1cccc(C)c1)C(=O)CN(c1ccc(OCC)cc1)S(=O)(=O)c1ccc(Br)cc1. The van der Waals surface area contributed by atoms with Crippen LogP contribution < -0.4 is 14.4 Å². The number of nitrogens with zero attached hydrogens (tertiary/aromatic N) is 2. The van der Waals surface area contributed by atoms with Crippen LogP contribution in [-0.2, 0) is 32.6 Å². The maximum atomic E-state index is 14.5. The van der Waals surface area contributed by atoms with Crippen LogP contribution in [0.25, 0.3) is 0 Å². The molecule has 0 bridgehead atoms. The van der Waals surface area contributed by atoms with Crippen molar-refractivity contribution in [2.45, 2.75) is 44.7 Å². The van der Waals surface area contributed by atoms with Gasteiger partial charge in [0.1, 0.15) is 18.3 Å². The third-order valence-corrected chi connectivity index (χ3v) is 9.49. The van der Waals surface area contributed by atoms with Crippen LogP contribution >= 0.6 is 15.9 Å². The van der Waals surface area contributed by atoms with Gasteiger partial charge in [0.05, 0.1) is 17.2 Å². The van der Waals surface area contributed by atoms with Gasteiger partial charge in [-0.1, -0.05) is 76.1 Å². The molecule has 45 heavy (non-hydrogen) atoms. The van der Waals surface area contributed by atoms with Gasteiger partial charge in [0.15, 0.2) is 0 Å². The molecule has 0 saturated carbocycles. The van der Waals surface area contributed by atoms with Gasteiger partial charge < -0.3 is 15.0 Å². The number of hydrogen-bond acceptors (Lipinski definition) is 5. The van der Waals surface area contributed by atoms with Crippen molar-refractivity contribution >= 4 is 43.5 Å². The summed E-state index contributed by atoms with van der Waals surface area (Å²) in [6.07, 6.45) is 0.257. The lowest BCUT2D eigenvalue weighted by molar-refractivity contribution is -0.140. The third kappa shape index (κ3) is 8.95. The number of ether oxygens (including phenoxy) is 1. The molecule has 1 atom stereocenters. The Labute approximate surface area is 274 Å². The van der Waals surface area contributed by atoms with Gasteiger partial charge in [0.2, 0.25) is 11.8 Å². The highest BCUT2D eigenvalue weighted by atomic mass is 79.9. The number of amides is 2. The Morgan fingerprint density at radius 1 is 0.867 bits per heavy atom. The fraction of sp³-hybridized carbons (Fsp3) is 0.257. The number of hydrogen-bond donors (Lipinski definition) is 1. The molecule has 0 heterocycles. The van der Waals surface area contributed by atoms with Gasteiger partial charge in [0, 0.05) is 24.0 Å². The van der Waals surface area contributed by atoms with Crippen molar-refractivity contribution in [3.8, 4) is 5.75 Å². The fourth-order valence-electron chi connectivity index (χ4n) is 4.99. The number of halogens is 1. The smallest absolute Gasteiger partial charge is 0.264 e. The summed E-state index contributed by atoms with van der Waals surface area (Å²) in [6, 6.07) is 29.1. The minimum Gasteiger partial charge on any atom is -0.494 e. The Morgan fingerprint density at radius 3 is 2.16 bits per heavy atom. The van der Waals surface area contributed by atoms with Crippen molar-refractivity contribution in [3.63, 3.8) is 0 Å². The Bertz CT molecular complexity index is 1680. The van der Waals surface area contributed by atoms with Crippen molar-refractivity contribution in [1.82, 2.24) is 10.2 Å². The van der Waals surface area contributed by atoms with E-state index < -0.39 is 28.5 Å². The van der Waals surface area contributed by atoms with Crippen LogP contribution in [0.15, 0.2) is 112 Å². The van der Waals surface area contributed by atoms with Gasteiger partial charge in [0.25, 0.3) is 10.0 Å². The Balaban J connectivity index is 1.79. The van der Waals surface area contributed by atoms with E-state index in [9.17, 15) is 18.0 Å². The average Bonchev–Trinajstić information content (AvgIpc) is 3.03. The van der Waals surface area contributed by atoms with Gasteiger partial charge >= 0.3 is 0 Å². The van der Waals surface area contributed by atoms with E-state index in [1.54, 1.807) is 36.4 Å². The first-order chi connectivity index (χ1) is 21.6. The van der Waals surface area contributed by atoms with E-state index in [2.05, 4.69) is 21.2 Å². The Morgan fingerprint density at radius 2 is 1.53 bits per heavy atom. The molecule has 10 heteroatoms.